The minimum Gasteiger partial charge on any atom is -0.376 e. The van der Waals surface area contributed by atoms with Crippen molar-refractivity contribution in [2.45, 2.75) is 38.1 Å². The highest BCUT2D eigenvalue weighted by atomic mass is 32.1. The van der Waals surface area contributed by atoms with Crippen molar-refractivity contribution in [1.29, 1.82) is 0 Å². The van der Waals surface area contributed by atoms with Gasteiger partial charge in [0.1, 0.15) is 0 Å². The lowest BCUT2D eigenvalue weighted by Crippen LogP contribution is -2.50. The van der Waals surface area contributed by atoms with Crippen LogP contribution >= 0.6 is 11.3 Å². The Balaban J connectivity index is 1.31. The molecule has 4 nitrogen and oxygen atoms in total. The third kappa shape index (κ3) is 3.70. The van der Waals surface area contributed by atoms with Crippen LogP contribution in [0, 0.1) is 5.92 Å². The molecule has 0 aromatic carbocycles. The fourth-order valence-corrected chi connectivity index (χ4v) is 4.66. The van der Waals surface area contributed by atoms with Crippen molar-refractivity contribution < 1.29 is 9.47 Å². The molecular weight excluding hydrogens is 320 g/mol. The highest BCUT2D eigenvalue weighted by molar-refractivity contribution is 7.09. The van der Waals surface area contributed by atoms with Gasteiger partial charge in [-0.25, -0.2) is 0 Å². The molecule has 4 rings (SSSR count). The van der Waals surface area contributed by atoms with Gasteiger partial charge in [0.25, 0.3) is 0 Å². The van der Waals surface area contributed by atoms with E-state index in [1.54, 1.807) is 6.20 Å². The summed E-state index contributed by atoms with van der Waals surface area (Å²) >= 11 is 1.85. The van der Waals surface area contributed by atoms with E-state index in [1.807, 2.05) is 23.6 Å². The second kappa shape index (κ2) is 7.74. The molecule has 1 saturated carbocycles. The summed E-state index contributed by atoms with van der Waals surface area (Å²) in [6.45, 7) is 4.36. The van der Waals surface area contributed by atoms with Crippen molar-refractivity contribution in [2.75, 3.05) is 19.8 Å². The van der Waals surface area contributed by atoms with Gasteiger partial charge in [-0.05, 0) is 35.9 Å². The Morgan fingerprint density at radius 1 is 1.29 bits per heavy atom. The first-order valence-electron chi connectivity index (χ1n) is 8.75. The van der Waals surface area contributed by atoms with Crippen molar-refractivity contribution in [3.63, 3.8) is 0 Å². The van der Waals surface area contributed by atoms with E-state index < -0.39 is 0 Å². The van der Waals surface area contributed by atoms with Crippen LogP contribution in [0.1, 0.15) is 23.3 Å². The lowest BCUT2D eigenvalue weighted by Gasteiger charge is -2.39. The van der Waals surface area contributed by atoms with Gasteiger partial charge in [-0.3, -0.25) is 9.88 Å². The van der Waals surface area contributed by atoms with Crippen LogP contribution in [0.3, 0.4) is 0 Å². The van der Waals surface area contributed by atoms with E-state index in [4.69, 9.17) is 9.47 Å². The van der Waals surface area contributed by atoms with E-state index in [9.17, 15) is 0 Å². The SMILES string of the molecule is c1cncc(COC[C@@H]2CC[C@@H]3[C@H]2OCCN3Cc2cccs2)c1. The lowest BCUT2D eigenvalue weighted by atomic mass is 10.0. The molecule has 3 atom stereocenters. The molecule has 3 heterocycles. The van der Waals surface area contributed by atoms with Crippen LogP contribution in [-0.4, -0.2) is 41.8 Å². The van der Waals surface area contributed by atoms with Gasteiger partial charge < -0.3 is 9.47 Å². The maximum Gasteiger partial charge on any atom is 0.0781 e. The average molecular weight is 344 g/mol. The Hall–Kier alpha value is -1.27. The van der Waals surface area contributed by atoms with Crippen molar-refractivity contribution >= 4 is 11.3 Å². The highest BCUT2D eigenvalue weighted by Crippen LogP contribution is 2.36. The fourth-order valence-electron chi connectivity index (χ4n) is 3.93. The molecular formula is C19H24N2O2S. The first-order chi connectivity index (χ1) is 11.9. The monoisotopic (exact) mass is 344 g/mol. The molecule has 2 fully saturated rings. The molecule has 0 bridgehead atoms. The number of rotatable bonds is 6. The smallest absolute Gasteiger partial charge is 0.0781 e. The molecule has 2 aliphatic rings. The summed E-state index contributed by atoms with van der Waals surface area (Å²) in [5, 5.41) is 2.16. The van der Waals surface area contributed by atoms with E-state index >= 15 is 0 Å². The third-order valence-electron chi connectivity index (χ3n) is 5.10. The number of thiophene rings is 1. The normalized spacial score (nSPS) is 27.2. The van der Waals surface area contributed by atoms with Gasteiger partial charge in [0.15, 0.2) is 0 Å². The summed E-state index contributed by atoms with van der Waals surface area (Å²) in [6.07, 6.45) is 6.41. The average Bonchev–Trinajstić information content (AvgIpc) is 3.27. The Morgan fingerprint density at radius 2 is 2.29 bits per heavy atom. The van der Waals surface area contributed by atoms with Crippen LogP contribution < -0.4 is 0 Å². The zero-order chi connectivity index (χ0) is 16.2. The van der Waals surface area contributed by atoms with Gasteiger partial charge in [0.2, 0.25) is 0 Å². The number of pyridine rings is 1. The highest BCUT2D eigenvalue weighted by Gasteiger charge is 2.42. The van der Waals surface area contributed by atoms with Gasteiger partial charge in [-0.1, -0.05) is 12.1 Å². The van der Waals surface area contributed by atoms with Crippen LogP contribution in [0.25, 0.3) is 0 Å². The van der Waals surface area contributed by atoms with Crippen LogP contribution in [0.15, 0.2) is 42.0 Å². The maximum absolute atomic E-state index is 6.14. The lowest BCUT2D eigenvalue weighted by molar-refractivity contribution is -0.0889. The summed E-state index contributed by atoms with van der Waals surface area (Å²) in [4.78, 5) is 8.20. The molecule has 0 N–H and O–H groups in total. The molecule has 0 amide bonds. The summed E-state index contributed by atoms with van der Waals surface area (Å²) in [5.41, 5.74) is 1.14. The summed E-state index contributed by atoms with van der Waals surface area (Å²) in [7, 11) is 0. The molecule has 1 aliphatic carbocycles. The Labute approximate surface area is 147 Å². The summed E-state index contributed by atoms with van der Waals surface area (Å²) in [5.74, 6) is 0.512. The first-order valence-corrected chi connectivity index (χ1v) is 9.63. The van der Waals surface area contributed by atoms with Gasteiger partial charge in [0, 0.05) is 42.3 Å². The molecule has 0 spiro atoms. The first kappa shape index (κ1) is 16.2. The van der Waals surface area contributed by atoms with Crippen LogP contribution in [0.5, 0.6) is 0 Å². The van der Waals surface area contributed by atoms with E-state index in [2.05, 4.69) is 33.5 Å². The van der Waals surface area contributed by atoms with Crippen LogP contribution in [0.4, 0.5) is 0 Å². The fraction of sp³-hybridized carbons (Fsp3) is 0.526. The number of hydrogen-bond acceptors (Lipinski definition) is 5. The predicted molar refractivity (Wildman–Crippen MR) is 94.9 cm³/mol. The summed E-state index contributed by atoms with van der Waals surface area (Å²) in [6, 6.07) is 8.94. The Kier molecular flexibility index (Phi) is 5.23. The number of aromatic nitrogens is 1. The van der Waals surface area contributed by atoms with Crippen molar-refractivity contribution in [3.8, 4) is 0 Å². The molecule has 5 heteroatoms. The number of morpholine rings is 1. The number of hydrogen-bond donors (Lipinski definition) is 0. The molecule has 1 aliphatic heterocycles. The number of ether oxygens (including phenoxy) is 2. The van der Waals surface area contributed by atoms with E-state index in [-0.39, 0.29) is 0 Å². The second-order valence-corrected chi connectivity index (χ2v) is 7.70. The van der Waals surface area contributed by atoms with Crippen molar-refractivity contribution in [1.82, 2.24) is 9.88 Å². The zero-order valence-electron chi connectivity index (χ0n) is 13.8. The van der Waals surface area contributed by atoms with Gasteiger partial charge >= 0.3 is 0 Å². The quantitative estimate of drug-likeness (QED) is 0.805. The molecule has 0 unspecified atom stereocenters. The van der Waals surface area contributed by atoms with Gasteiger partial charge in [0.05, 0.1) is 25.9 Å². The summed E-state index contributed by atoms with van der Waals surface area (Å²) < 4.78 is 12.1. The largest absolute Gasteiger partial charge is 0.376 e. The maximum atomic E-state index is 6.14. The van der Waals surface area contributed by atoms with Gasteiger partial charge in [-0.2, -0.15) is 0 Å². The third-order valence-corrected chi connectivity index (χ3v) is 5.96. The molecule has 2 aromatic heterocycles. The van der Waals surface area contributed by atoms with Gasteiger partial charge in [-0.15, -0.1) is 11.3 Å². The van der Waals surface area contributed by atoms with E-state index in [0.717, 1.165) is 31.9 Å². The van der Waals surface area contributed by atoms with E-state index in [1.165, 1.54) is 17.7 Å². The minimum absolute atomic E-state index is 0.326. The standard InChI is InChI=1S/C19H24N2O2S/c1-3-15(11-20-7-1)13-22-14-16-5-6-18-19(16)23-9-8-21(18)12-17-4-2-10-24-17/h1-4,7,10-11,16,18-19H,5-6,8-9,12-14H2/t16-,18+,19-/m0/s1. The number of fused-ring (bicyclic) bond motifs is 1. The van der Waals surface area contributed by atoms with Crippen LogP contribution in [-0.2, 0) is 22.6 Å². The van der Waals surface area contributed by atoms with Crippen LogP contribution in [0.2, 0.25) is 0 Å². The topological polar surface area (TPSA) is 34.6 Å². The zero-order valence-corrected chi connectivity index (χ0v) is 14.7. The molecule has 2 aromatic rings. The van der Waals surface area contributed by atoms with E-state index in [0.29, 0.717) is 24.7 Å². The Bertz CT molecular complexity index is 620. The minimum atomic E-state index is 0.326. The molecule has 0 radical (unpaired) electrons. The molecule has 1 saturated heterocycles. The second-order valence-electron chi connectivity index (χ2n) is 6.67. The molecule has 24 heavy (non-hydrogen) atoms. The predicted octanol–water partition coefficient (Wildman–Crippen LogP) is 3.34. The van der Waals surface area contributed by atoms with Crippen molar-refractivity contribution in [3.05, 3.63) is 52.5 Å². The van der Waals surface area contributed by atoms with Crippen molar-refractivity contribution in [2.24, 2.45) is 5.92 Å². The number of nitrogens with zero attached hydrogens (tertiary/aromatic N) is 2. The Morgan fingerprint density at radius 3 is 3.12 bits per heavy atom. The molecule has 128 valence electrons.